The molecular formula is C17H18N2O2. The molecule has 4 heteroatoms. The number of hydrogen-bond donors (Lipinski definition) is 2. The van der Waals surface area contributed by atoms with Crippen molar-refractivity contribution in [3.63, 3.8) is 0 Å². The van der Waals surface area contributed by atoms with Crippen LogP contribution in [0, 0.1) is 0 Å². The Labute approximate surface area is 123 Å². The first-order valence-electron chi connectivity index (χ1n) is 7.01. The highest BCUT2D eigenvalue weighted by atomic mass is 16.5. The number of amides is 1. The van der Waals surface area contributed by atoms with Gasteiger partial charge in [-0.1, -0.05) is 30.3 Å². The van der Waals surface area contributed by atoms with Gasteiger partial charge in [0.25, 0.3) is 0 Å². The fourth-order valence-electron chi connectivity index (χ4n) is 2.79. The zero-order chi connectivity index (χ0) is 14.8. The molecule has 0 fully saturated rings. The summed E-state index contributed by atoms with van der Waals surface area (Å²) in [6.07, 6.45) is 0.820. The van der Waals surface area contributed by atoms with E-state index in [0.717, 1.165) is 17.7 Å². The maximum atomic E-state index is 11.4. The molecule has 3 rings (SSSR count). The molecule has 0 saturated heterocycles. The van der Waals surface area contributed by atoms with E-state index < -0.39 is 5.91 Å². The van der Waals surface area contributed by atoms with Gasteiger partial charge in [0.1, 0.15) is 12.4 Å². The molecule has 2 aromatic carbocycles. The van der Waals surface area contributed by atoms with Crippen LogP contribution in [-0.2, 0) is 6.42 Å². The lowest BCUT2D eigenvalue weighted by molar-refractivity contribution is 0.1000. The van der Waals surface area contributed by atoms with E-state index in [9.17, 15) is 4.79 Å². The third-order valence-corrected chi connectivity index (χ3v) is 3.94. The van der Waals surface area contributed by atoms with E-state index in [1.807, 2.05) is 24.3 Å². The van der Waals surface area contributed by atoms with Gasteiger partial charge < -0.3 is 16.2 Å². The zero-order valence-corrected chi connectivity index (χ0v) is 11.7. The first kappa shape index (κ1) is 13.6. The number of carbonyl (C=O) groups is 1. The van der Waals surface area contributed by atoms with Gasteiger partial charge >= 0.3 is 0 Å². The van der Waals surface area contributed by atoms with Crippen molar-refractivity contribution in [3.8, 4) is 5.75 Å². The summed E-state index contributed by atoms with van der Waals surface area (Å²) >= 11 is 0. The van der Waals surface area contributed by atoms with Crippen molar-refractivity contribution in [1.29, 1.82) is 0 Å². The second-order valence-electron chi connectivity index (χ2n) is 5.39. The summed E-state index contributed by atoms with van der Waals surface area (Å²) in [6, 6.07) is 15.4. The Balaban J connectivity index is 1.97. The largest absolute Gasteiger partial charge is 0.492 e. The molecule has 0 saturated carbocycles. The zero-order valence-electron chi connectivity index (χ0n) is 11.7. The van der Waals surface area contributed by atoms with Gasteiger partial charge in [0.05, 0.1) is 0 Å². The monoisotopic (exact) mass is 282 g/mol. The topological polar surface area (TPSA) is 78.3 Å². The van der Waals surface area contributed by atoms with E-state index in [4.69, 9.17) is 16.2 Å². The lowest BCUT2D eigenvalue weighted by Gasteiger charge is -2.31. The van der Waals surface area contributed by atoms with E-state index >= 15 is 0 Å². The molecule has 1 aliphatic rings. The van der Waals surface area contributed by atoms with Crippen LogP contribution < -0.4 is 16.2 Å². The van der Waals surface area contributed by atoms with Gasteiger partial charge in [0.2, 0.25) is 5.91 Å². The maximum absolute atomic E-state index is 11.4. The van der Waals surface area contributed by atoms with Crippen LogP contribution in [0.5, 0.6) is 5.75 Å². The number of hydrogen-bond acceptors (Lipinski definition) is 3. The van der Waals surface area contributed by atoms with Crippen molar-refractivity contribution in [2.75, 3.05) is 6.61 Å². The van der Waals surface area contributed by atoms with Crippen molar-refractivity contribution in [2.45, 2.75) is 18.4 Å². The van der Waals surface area contributed by atoms with Crippen molar-refractivity contribution in [1.82, 2.24) is 0 Å². The van der Waals surface area contributed by atoms with E-state index in [1.54, 1.807) is 12.1 Å². The van der Waals surface area contributed by atoms with Crippen molar-refractivity contribution >= 4 is 5.91 Å². The molecule has 2 aromatic rings. The highest BCUT2D eigenvalue weighted by Crippen LogP contribution is 2.36. The first-order valence-corrected chi connectivity index (χ1v) is 7.01. The minimum absolute atomic E-state index is 0.0965. The smallest absolute Gasteiger partial charge is 0.248 e. The number of nitrogens with two attached hydrogens (primary N) is 2. The fourth-order valence-corrected chi connectivity index (χ4v) is 2.79. The Bertz CT molecular complexity index is 655. The van der Waals surface area contributed by atoms with Gasteiger partial charge in [-0.25, -0.2) is 0 Å². The van der Waals surface area contributed by atoms with Crippen LogP contribution >= 0.6 is 0 Å². The molecule has 0 radical (unpaired) electrons. The Hall–Kier alpha value is -2.33. The normalized spacial score (nSPS) is 20.4. The van der Waals surface area contributed by atoms with E-state index in [0.29, 0.717) is 12.2 Å². The SMILES string of the molecule is NC(=O)c1ccc2c(c1)C(Cc1ccccc1)C(N)CO2. The molecule has 108 valence electrons. The number of ether oxygens (including phenoxy) is 1. The van der Waals surface area contributed by atoms with Gasteiger partial charge in [-0.3, -0.25) is 4.79 Å². The molecule has 1 heterocycles. The number of rotatable bonds is 3. The fraction of sp³-hybridized carbons (Fsp3) is 0.235. The summed E-state index contributed by atoms with van der Waals surface area (Å²) in [6.45, 7) is 0.487. The summed E-state index contributed by atoms with van der Waals surface area (Å²) < 4.78 is 5.66. The van der Waals surface area contributed by atoms with E-state index in [-0.39, 0.29) is 12.0 Å². The maximum Gasteiger partial charge on any atom is 0.248 e. The molecule has 4 nitrogen and oxygen atoms in total. The van der Waals surface area contributed by atoms with Crippen LogP contribution in [0.4, 0.5) is 0 Å². The van der Waals surface area contributed by atoms with Crippen LogP contribution in [0.3, 0.4) is 0 Å². The standard InChI is InChI=1S/C17H18N2O2/c18-15-10-21-16-7-6-12(17(19)20)9-14(16)13(15)8-11-4-2-1-3-5-11/h1-7,9,13,15H,8,10,18H2,(H2,19,20). The van der Waals surface area contributed by atoms with Gasteiger partial charge in [0, 0.05) is 23.1 Å². The van der Waals surface area contributed by atoms with Crippen molar-refractivity contribution < 1.29 is 9.53 Å². The second-order valence-corrected chi connectivity index (χ2v) is 5.39. The molecule has 1 aliphatic heterocycles. The lowest BCUT2D eigenvalue weighted by Crippen LogP contribution is -2.39. The van der Waals surface area contributed by atoms with Gasteiger partial charge in [-0.15, -0.1) is 0 Å². The van der Waals surface area contributed by atoms with Crippen LogP contribution in [0.25, 0.3) is 0 Å². The van der Waals surface area contributed by atoms with Crippen LogP contribution in [0.2, 0.25) is 0 Å². The highest BCUT2D eigenvalue weighted by Gasteiger charge is 2.29. The van der Waals surface area contributed by atoms with E-state index in [2.05, 4.69) is 12.1 Å². The first-order chi connectivity index (χ1) is 10.1. The van der Waals surface area contributed by atoms with Crippen LogP contribution in [-0.4, -0.2) is 18.6 Å². The molecule has 0 spiro atoms. The third kappa shape index (κ3) is 2.76. The Kier molecular flexibility index (Phi) is 3.62. The summed E-state index contributed by atoms with van der Waals surface area (Å²) in [5.74, 6) is 0.480. The molecule has 0 bridgehead atoms. The number of primary amides is 1. The van der Waals surface area contributed by atoms with Crippen LogP contribution in [0.1, 0.15) is 27.4 Å². The Morgan fingerprint density at radius 2 is 1.95 bits per heavy atom. The average Bonchev–Trinajstić information content (AvgIpc) is 2.50. The van der Waals surface area contributed by atoms with E-state index in [1.165, 1.54) is 5.56 Å². The lowest BCUT2D eigenvalue weighted by atomic mass is 9.83. The minimum Gasteiger partial charge on any atom is -0.492 e. The molecule has 2 atom stereocenters. The van der Waals surface area contributed by atoms with Gasteiger partial charge in [0.15, 0.2) is 0 Å². The average molecular weight is 282 g/mol. The summed E-state index contributed by atoms with van der Waals surface area (Å²) in [5, 5.41) is 0. The molecular weight excluding hydrogens is 264 g/mol. The second kappa shape index (κ2) is 5.58. The summed E-state index contributed by atoms with van der Waals surface area (Å²) in [4.78, 5) is 11.4. The molecule has 2 unspecified atom stereocenters. The highest BCUT2D eigenvalue weighted by molar-refractivity contribution is 5.93. The molecule has 0 aliphatic carbocycles. The van der Waals surface area contributed by atoms with Crippen molar-refractivity contribution in [2.24, 2.45) is 11.5 Å². The number of carbonyl (C=O) groups excluding carboxylic acids is 1. The number of benzene rings is 2. The van der Waals surface area contributed by atoms with Crippen molar-refractivity contribution in [3.05, 3.63) is 65.2 Å². The van der Waals surface area contributed by atoms with Gasteiger partial charge in [-0.2, -0.15) is 0 Å². The quantitative estimate of drug-likeness (QED) is 0.901. The predicted octanol–water partition coefficient (Wildman–Crippen LogP) is 1.83. The number of fused-ring (bicyclic) bond motifs is 1. The summed E-state index contributed by atoms with van der Waals surface area (Å²) in [7, 11) is 0. The predicted molar refractivity (Wildman–Crippen MR) is 81.3 cm³/mol. The summed E-state index contributed by atoms with van der Waals surface area (Å²) in [5.41, 5.74) is 14.3. The minimum atomic E-state index is -0.435. The molecule has 1 amide bonds. The molecule has 21 heavy (non-hydrogen) atoms. The third-order valence-electron chi connectivity index (χ3n) is 3.94. The molecule has 0 aromatic heterocycles. The molecule has 4 N–H and O–H groups in total. The Morgan fingerprint density at radius 3 is 2.67 bits per heavy atom. The van der Waals surface area contributed by atoms with Gasteiger partial charge in [-0.05, 0) is 30.2 Å². The Morgan fingerprint density at radius 1 is 1.19 bits per heavy atom. The van der Waals surface area contributed by atoms with Crippen LogP contribution in [0.15, 0.2) is 48.5 Å².